The molecule has 1 heterocycles. The number of hydrogen-bond acceptors (Lipinski definition) is 2. The molecular weight excluding hydrogens is 270 g/mol. The van der Waals surface area contributed by atoms with Crippen LogP contribution < -0.4 is 5.32 Å². The van der Waals surface area contributed by atoms with Crippen LogP contribution >= 0.6 is 11.6 Å². The molecule has 20 heavy (non-hydrogen) atoms. The topological polar surface area (TPSA) is 21.3 Å². The molecule has 2 atom stereocenters. The maximum atomic E-state index is 6.24. The highest BCUT2D eigenvalue weighted by molar-refractivity contribution is 6.31. The van der Waals surface area contributed by atoms with Gasteiger partial charge in [0.1, 0.15) is 0 Å². The molecule has 0 aliphatic carbocycles. The number of nitrogens with one attached hydrogen (secondary N) is 1. The number of rotatable bonds is 5. The molecule has 0 amide bonds. The van der Waals surface area contributed by atoms with Gasteiger partial charge in [-0.3, -0.25) is 0 Å². The van der Waals surface area contributed by atoms with Gasteiger partial charge in [0.05, 0.1) is 6.61 Å². The Labute approximate surface area is 127 Å². The Hall–Kier alpha value is -0.570. The van der Waals surface area contributed by atoms with E-state index in [2.05, 4.69) is 38.2 Å². The Bertz CT molecular complexity index is 441. The van der Waals surface area contributed by atoms with E-state index in [1.165, 1.54) is 24.0 Å². The molecule has 0 spiro atoms. The van der Waals surface area contributed by atoms with Crippen molar-refractivity contribution in [3.05, 3.63) is 33.8 Å². The molecule has 2 nitrogen and oxygen atoms in total. The summed E-state index contributed by atoms with van der Waals surface area (Å²) in [4.78, 5) is 0. The van der Waals surface area contributed by atoms with Crippen LogP contribution in [-0.4, -0.2) is 19.8 Å². The minimum Gasteiger partial charge on any atom is -0.381 e. The van der Waals surface area contributed by atoms with Gasteiger partial charge in [0.25, 0.3) is 0 Å². The summed E-state index contributed by atoms with van der Waals surface area (Å²) in [6.45, 7) is 9.27. The van der Waals surface area contributed by atoms with E-state index < -0.39 is 0 Å². The number of hydrogen-bond donors (Lipinski definition) is 1. The van der Waals surface area contributed by atoms with Gasteiger partial charge in [0.15, 0.2) is 0 Å². The van der Waals surface area contributed by atoms with Crippen molar-refractivity contribution in [2.24, 2.45) is 5.92 Å². The zero-order valence-electron chi connectivity index (χ0n) is 12.8. The number of benzene rings is 1. The summed E-state index contributed by atoms with van der Waals surface area (Å²) in [5, 5.41) is 4.58. The molecule has 1 aromatic rings. The summed E-state index contributed by atoms with van der Waals surface area (Å²) in [5.74, 6) is 0.564. The SMILES string of the molecule is CCCNC(c1cc(C)c(Cl)cc1C)C1CCCOC1. The second kappa shape index (κ2) is 7.44. The third-order valence-corrected chi connectivity index (χ3v) is 4.57. The van der Waals surface area contributed by atoms with Crippen molar-refractivity contribution in [2.75, 3.05) is 19.8 Å². The Kier molecular flexibility index (Phi) is 5.88. The molecule has 1 aliphatic heterocycles. The van der Waals surface area contributed by atoms with Crippen LogP contribution in [0.2, 0.25) is 5.02 Å². The molecule has 0 aromatic heterocycles. The summed E-state index contributed by atoms with van der Waals surface area (Å²) >= 11 is 6.24. The van der Waals surface area contributed by atoms with Crippen molar-refractivity contribution >= 4 is 11.6 Å². The van der Waals surface area contributed by atoms with Crippen LogP contribution in [0.5, 0.6) is 0 Å². The number of aryl methyl sites for hydroxylation is 2. The van der Waals surface area contributed by atoms with E-state index in [9.17, 15) is 0 Å². The lowest BCUT2D eigenvalue weighted by Crippen LogP contribution is -2.34. The third kappa shape index (κ3) is 3.75. The molecule has 1 aromatic carbocycles. The molecular formula is C17H26ClNO. The van der Waals surface area contributed by atoms with Crippen LogP contribution in [0.15, 0.2) is 12.1 Å². The van der Waals surface area contributed by atoms with Gasteiger partial charge in [-0.25, -0.2) is 0 Å². The molecule has 3 heteroatoms. The van der Waals surface area contributed by atoms with Crippen LogP contribution in [0.4, 0.5) is 0 Å². The lowest BCUT2D eigenvalue weighted by atomic mass is 9.86. The molecule has 1 N–H and O–H groups in total. The molecule has 1 fully saturated rings. The van der Waals surface area contributed by atoms with Crippen molar-refractivity contribution in [3.63, 3.8) is 0 Å². The molecule has 2 rings (SSSR count). The predicted octanol–water partition coefficient (Wildman–Crippen LogP) is 4.42. The highest BCUT2D eigenvalue weighted by Gasteiger charge is 2.26. The predicted molar refractivity (Wildman–Crippen MR) is 85.5 cm³/mol. The average Bonchev–Trinajstić information content (AvgIpc) is 2.45. The first kappa shape index (κ1) is 15.8. The quantitative estimate of drug-likeness (QED) is 0.868. The van der Waals surface area contributed by atoms with E-state index in [1.807, 2.05) is 0 Å². The van der Waals surface area contributed by atoms with Crippen molar-refractivity contribution in [1.29, 1.82) is 0 Å². The first-order valence-corrected chi connectivity index (χ1v) is 8.09. The molecule has 0 radical (unpaired) electrons. The Morgan fingerprint density at radius 1 is 1.35 bits per heavy atom. The lowest BCUT2D eigenvalue weighted by Gasteiger charge is -2.32. The Balaban J connectivity index is 2.27. The molecule has 1 saturated heterocycles. The maximum absolute atomic E-state index is 6.24. The van der Waals surface area contributed by atoms with Crippen molar-refractivity contribution in [2.45, 2.75) is 46.1 Å². The summed E-state index contributed by atoms with van der Waals surface area (Å²) < 4.78 is 5.69. The van der Waals surface area contributed by atoms with Gasteiger partial charge in [-0.05, 0) is 62.4 Å². The zero-order chi connectivity index (χ0) is 14.5. The van der Waals surface area contributed by atoms with Gasteiger partial charge in [-0.2, -0.15) is 0 Å². The monoisotopic (exact) mass is 295 g/mol. The number of ether oxygens (including phenoxy) is 1. The van der Waals surface area contributed by atoms with Crippen LogP contribution in [0, 0.1) is 19.8 Å². The fourth-order valence-corrected chi connectivity index (χ4v) is 3.22. The van der Waals surface area contributed by atoms with Gasteiger partial charge in [0.2, 0.25) is 0 Å². The second-order valence-corrected chi connectivity index (χ2v) is 6.27. The molecule has 2 unspecified atom stereocenters. The Morgan fingerprint density at radius 2 is 2.15 bits per heavy atom. The summed E-state index contributed by atoms with van der Waals surface area (Å²) in [6.07, 6.45) is 3.55. The van der Waals surface area contributed by atoms with E-state index in [0.29, 0.717) is 12.0 Å². The normalized spacial score (nSPS) is 20.9. The lowest BCUT2D eigenvalue weighted by molar-refractivity contribution is 0.0389. The van der Waals surface area contributed by atoms with E-state index in [-0.39, 0.29) is 0 Å². The van der Waals surface area contributed by atoms with Crippen LogP contribution in [0.3, 0.4) is 0 Å². The third-order valence-electron chi connectivity index (χ3n) is 4.16. The van der Waals surface area contributed by atoms with Crippen molar-refractivity contribution in [3.8, 4) is 0 Å². The minimum atomic E-state index is 0.381. The largest absolute Gasteiger partial charge is 0.381 e. The minimum absolute atomic E-state index is 0.381. The van der Waals surface area contributed by atoms with Gasteiger partial charge < -0.3 is 10.1 Å². The van der Waals surface area contributed by atoms with Crippen LogP contribution in [0.25, 0.3) is 0 Å². The maximum Gasteiger partial charge on any atom is 0.0512 e. The average molecular weight is 296 g/mol. The zero-order valence-corrected chi connectivity index (χ0v) is 13.6. The van der Waals surface area contributed by atoms with Gasteiger partial charge in [-0.15, -0.1) is 0 Å². The van der Waals surface area contributed by atoms with Gasteiger partial charge >= 0.3 is 0 Å². The molecule has 0 saturated carbocycles. The fourth-order valence-electron chi connectivity index (χ4n) is 3.00. The highest BCUT2D eigenvalue weighted by Crippen LogP contribution is 2.33. The summed E-state index contributed by atoms with van der Waals surface area (Å²) in [5.41, 5.74) is 3.82. The summed E-state index contributed by atoms with van der Waals surface area (Å²) in [7, 11) is 0. The first-order valence-electron chi connectivity index (χ1n) is 7.71. The smallest absolute Gasteiger partial charge is 0.0512 e. The number of halogens is 1. The van der Waals surface area contributed by atoms with Crippen molar-refractivity contribution in [1.82, 2.24) is 5.32 Å². The van der Waals surface area contributed by atoms with E-state index in [4.69, 9.17) is 16.3 Å². The molecule has 1 aliphatic rings. The second-order valence-electron chi connectivity index (χ2n) is 5.87. The van der Waals surface area contributed by atoms with Crippen molar-refractivity contribution < 1.29 is 4.74 Å². The molecule has 112 valence electrons. The van der Waals surface area contributed by atoms with Crippen LogP contribution in [0.1, 0.15) is 48.9 Å². The first-order chi connectivity index (χ1) is 9.63. The highest BCUT2D eigenvalue weighted by atomic mass is 35.5. The van der Waals surface area contributed by atoms with E-state index in [0.717, 1.165) is 36.8 Å². The fraction of sp³-hybridized carbons (Fsp3) is 0.647. The Morgan fingerprint density at radius 3 is 2.80 bits per heavy atom. The van der Waals surface area contributed by atoms with E-state index >= 15 is 0 Å². The summed E-state index contributed by atoms with van der Waals surface area (Å²) in [6, 6.07) is 4.72. The van der Waals surface area contributed by atoms with E-state index in [1.54, 1.807) is 0 Å². The van der Waals surface area contributed by atoms with Crippen LogP contribution in [-0.2, 0) is 4.74 Å². The standard InChI is InChI=1S/C17H26ClNO/c1-4-7-19-17(14-6-5-8-20-11-14)15-9-13(3)16(18)10-12(15)2/h9-10,14,17,19H,4-8,11H2,1-3H3. The van der Waals surface area contributed by atoms with Gasteiger partial charge in [-0.1, -0.05) is 24.6 Å². The van der Waals surface area contributed by atoms with Gasteiger partial charge in [0, 0.05) is 23.6 Å². The molecule has 0 bridgehead atoms.